The van der Waals surface area contributed by atoms with Crippen LogP contribution in [0.25, 0.3) is 0 Å². The second-order valence-electron chi connectivity index (χ2n) is 9.72. The second-order valence-corrected chi connectivity index (χ2v) is 11.1. The van der Waals surface area contributed by atoms with E-state index in [4.69, 9.17) is 11.5 Å². The Hall–Kier alpha value is -1.95. The van der Waals surface area contributed by atoms with Crippen molar-refractivity contribution in [3.8, 4) is 0 Å². The van der Waals surface area contributed by atoms with Gasteiger partial charge in [0.25, 0.3) is 0 Å². The maximum atomic E-state index is 12.9. The largest absolute Gasteiger partial charge is 0.477 e. The van der Waals surface area contributed by atoms with Crippen LogP contribution in [-0.2, 0) is 19.2 Å². The molecular weight excluding hydrogens is 446 g/mol. The van der Waals surface area contributed by atoms with Crippen LogP contribution in [0.4, 0.5) is 0 Å². The molecule has 0 aliphatic carbocycles. The Morgan fingerprint density at radius 1 is 1.33 bits per heavy atom. The standard InChI is InChI=1S/C22H33N5O5S/c1-10(5-13(28)7-23)16-17-11(2)19(18(22(31)32)27(17)21(16)30)33-14-6-15(25-8-14)20(29)26-4-3-12(24)9-26/h10-12,14-17,25H,3-9,23-24H2,1-2H3,(H,31,32)/t10-,11+,12-,14-,15-,16+,17-/m0/s1. The number of Topliss-reactive ketones (excluding diaryl/α,β-unsaturated/α-hetero) is 1. The Kier molecular flexibility index (Phi) is 6.86. The van der Waals surface area contributed by atoms with Crippen LogP contribution in [0.5, 0.6) is 0 Å². The maximum absolute atomic E-state index is 12.9. The van der Waals surface area contributed by atoms with Crippen LogP contribution in [0.3, 0.4) is 0 Å². The van der Waals surface area contributed by atoms with Gasteiger partial charge in [0.05, 0.1) is 24.5 Å². The summed E-state index contributed by atoms with van der Waals surface area (Å²) in [6, 6.07) is -0.530. The number of nitrogens with two attached hydrogens (primary N) is 2. The summed E-state index contributed by atoms with van der Waals surface area (Å²) >= 11 is 1.47. The van der Waals surface area contributed by atoms with Gasteiger partial charge >= 0.3 is 5.97 Å². The predicted octanol–water partition coefficient (Wildman–Crippen LogP) is -0.663. The Bertz CT molecular complexity index is 894. The van der Waals surface area contributed by atoms with Crippen LogP contribution in [0, 0.1) is 17.8 Å². The summed E-state index contributed by atoms with van der Waals surface area (Å²) in [5, 5.41) is 13.2. The van der Waals surface area contributed by atoms with Crippen molar-refractivity contribution in [2.75, 3.05) is 26.2 Å². The fourth-order valence-corrected chi connectivity index (χ4v) is 7.18. The van der Waals surface area contributed by atoms with Crippen molar-refractivity contribution in [3.63, 3.8) is 0 Å². The number of carbonyl (C=O) groups excluding carboxylic acids is 3. The zero-order chi connectivity index (χ0) is 24.0. The first-order valence-electron chi connectivity index (χ1n) is 11.6. The number of amides is 2. The number of ketones is 1. The van der Waals surface area contributed by atoms with Crippen molar-refractivity contribution >= 4 is 35.3 Å². The monoisotopic (exact) mass is 479 g/mol. The van der Waals surface area contributed by atoms with E-state index in [1.165, 1.54) is 16.7 Å². The molecule has 7 atom stereocenters. The summed E-state index contributed by atoms with van der Waals surface area (Å²) in [5.41, 5.74) is 11.4. The molecule has 4 rings (SSSR count). The third-order valence-electron chi connectivity index (χ3n) is 7.40. The van der Waals surface area contributed by atoms with E-state index in [0.29, 0.717) is 31.0 Å². The van der Waals surface area contributed by atoms with Gasteiger partial charge in [-0.25, -0.2) is 4.79 Å². The first kappa shape index (κ1) is 24.2. The molecule has 33 heavy (non-hydrogen) atoms. The number of carboxylic acids is 1. The van der Waals surface area contributed by atoms with E-state index in [-0.39, 0.29) is 71.5 Å². The van der Waals surface area contributed by atoms with Gasteiger partial charge < -0.3 is 31.7 Å². The van der Waals surface area contributed by atoms with E-state index >= 15 is 0 Å². The number of nitrogens with one attached hydrogen (secondary N) is 1. The van der Waals surface area contributed by atoms with Crippen molar-refractivity contribution in [1.82, 2.24) is 15.1 Å². The lowest BCUT2D eigenvalue weighted by Gasteiger charge is -2.47. The summed E-state index contributed by atoms with van der Waals surface area (Å²) < 4.78 is 0. The molecule has 3 saturated heterocycles. The number of likely N-dealkylation sites (tertiary alicyclic amines) is 1. The molecular formula is C22H33N5O5S. The van der Waals surface area contributed by atoms with Crippen LogP contribution < -0.4 is 16.8 Å². The van der Waals surface area contributed by atoms with Gasteiger partial charge in [0.2, 0.25) is 11.8 Å². The van der Waals surface area contributed by atoms with Gasteiger partial charge in [-0.05, 0) is 18.8 Å². The Morgan fingerprint density at radius 3 is 2.67 bits per heavy atom. The molecule has 11 heteroatoms. The number of nitrogens with zero attached hydrogens (tertiary/aromatic N) is 2. The molecule has 0 bridgehead atoms. The highest BCUT2D eigenvalue weighted by atomic mass is 32.2. The fraction of sp³-hybridized carbons (Fsp3) is 0.727. The van der Waals surface area contributed by atoms with E-state index in [9.17, 15) is 24.3 Å². The molecule has 4 heterocycles. The van der Waals surface area contributed by atoms with Gasteiger partial charge in [-0.15, -0.1) is 11.8 Å². The van der Waals surface area contributed by atoms with Crippen LogP contribution in [0.1, 0.15) is 33.1 Å². The molecule has 0 aromatic carbocycles. The molecule has 4 aliphatic heterocycles. The molecule has 0 aromatic rings. The smallest absolute Gasteiger partial charge is 0.353 e. The van der Waals surface area contributed by atoms with Crippen molar-refractivity contribution in [3.05, 3.63) is 10.6 Å². The third kappa shape index (κ3) is 4.31. The zero-order valence-corrected chi connectivity index (χ0v) is 19.8. The van der Waals surface area contributed by atoms with Gasteiger partial charge in [-0.1, -0.05) is 13.8 Å². The SMILES string of the molecule is C[C@@H](CC(=O)CN)[C@H]1C(=O)N2C(C(=O)O)=C(S[C@@H]3CN[C@H](C(=O)N4CC[C@H](N)C4)C3)[C@H](C)[C@@H]12. The molecule has 2 amide bonds. The topological polar surface area (TPSA) is 159 Å². The Labute approximate surface area is 197 Å². The lowest BCUT2D eigenvalue weighted by Crippen LogP contribution is -2.62. The minimum absolute atomic E-state index is 0.0284. The maximum Gasteiger partial charge on any atom is 0.353 e. The normalized spacial score (nSPS) is 34.5. The van der Waals surface area contributed by atoms with Crippen LogP contribution in [-0.4, -0.2) is 88.0 Å². The average Bonchev–Trinajstić information content (AvgIpc) is 3.46. The number of carbonyl (C=O) groups is 4. The molecule has 0 aromatic heterocycles. The molecule has 3 fully saturated rings. The molecule has 6 N–H and O–H groups in total. The van der Waals surface area contributed by atoms with Crippen molar-refractivity contribution in [2.24, 2.45) is 29.2 Å². The molecule has 182 valence electrons. The molecule has 0 saturated carbocycles. The van der Waals surface area contributed by atoms with Crippen LogP contribution >= 0.6 is 11.8 Å². The van der Waals surface area contributed by atoms with Crippen LogP contribution in [0.15, 0.2) is 10.6 Å². The third-order valence-corrected chi connectivity index (χ3v) is 8.91. The highest BCUT2D eigenvalue weighted by molar-refractivity contribution is 8.03. The molecule has 0 unspecified atom stereocenters. The molecule has 0 spiro atoms. The zero-order valence-electron chi connectivity index (χ0n) is 19.0. The Balaban J connectivity index is 1.44. The molecule has 4 aliphatic rings. The van der Waals surface area contributed by atoms with Gasteiger partial charge in [0.15, 0.2) is 0 Å². The Morgan fingerprint density at radius 2 is 2.06 bits per heavy atom. The van der Waals surface area contributed by atoms with Crippen LogP contribution in [0.2, 0.25) is 0 Å². The number of aliphatic carboxylic acids is 1. The average molecular weight is 480 g/mol. The van der Waals surface area contributed by atoms with E-state index in [1.54, 1.807) is 4.90 Å². The molecule has 0 radical (unpaired) electrons. The van der Waals surface area contributed by atoms with E-state index < -0.39 is 11.9 Å². The van der Waals surface area contributed by atoms with E-state index in [0.717, 1.165) is 6.42 Å². The summed E-state index contributed by atoms with van der Waals surface area (Å²) in [6.45, 7) is 5.58. The number of thioether (sulfide) groups is 1. The summed E-state index contributed by atoms with van der Waals surface area (Å²) in [6.07, 6.45) is 1.62. The summed E-state index contributed by atoms with van der Waals surface area (Å²) in [4.78, 5) is 53.5. The highest BCUT2D eigenvalue weighted by Crippen LogP contribution is 2.53. The summed E-state index contributed by atoms with van der Waals surface area (Å²) in [7, 11) is 0. The highest BCUT2D eigenvalue weighted by Gasteiger charge is 2.60. The molecule has 10 nitrogen and oxygen atoms in total. The van der Waals surface area contributed by atoms with Gasteiger partial charge in [-0.3, -0.25) is 14.4 Å². The van der Waals surface area contributed by atoms with Crippen molar-refractivity contribution < 1.29 is 24.3 Å². The first-order valence-corrected chi connectivity index (χ1v) is 12.5. The first-order chi connectivity index (χ1) is 15.6. The quantitative estimate of drug-likeness (QED) is 0.331. The predicted molar refractivity (Wildman–Crippen MR) is 123 cm³/mol. The summed E-state index contributed by atoms with van der Waals surface area (Å²) in [5.74, 6) is -2.14. The van der Waals surface area contributed by atoms with Gasteiger partial charge in [0.1, 0.15) is 11.5 Å². The van der Waals surface area contributed by atoms with E-state index in [2.05, 4.69) is 5.32 Å². The number of hydrogen-bond acceptors (Lipinski definition) is 8. The lowest BCUT2D eigenvalue weighted by atomic mass is 9.73. The van der Waals surface area contributed by atoms with Crippen molar-refractivity contribution in [1.29, 1.82) is 0 Å². The fourth-order valence-electron chi connectivity index (χ4n) is 5.70. The number of hydrogen-bond donors (Lipinski definition) is 4. The number of carboxylic acid groups (broad SMARTS) is 1. The van der Waals surface area contributed by atoms with Gasteiger partial charge in [-0.2, -0.15) is 0 Å². The number of rotatable bonds is 8. The second kappa shape index (κ2) is 9.36. The van der Waals surface area contributed by atoms with Crippen molar-refractivity contribution in [2.45, 2.75) is 56.5 Å². The lowest BCUT2D eigenvalue weighted by molar-refractivity contribution is -0.160. The minimum Gasteiger partial charge on any atom is -0.477 e. The minimum atomic E-state index is -1.12. The number of β-lactam (4-membered cyclic amide) rings is 1. The number of fused-ring (bicyclic) bond motifs is 1. The van der Waals surface area contributed by atoms with E-state index in [1.807, 2.05) is 13.8 Å². The van der Waals surface area contributed by atoms with Gasteiger partial charge in [0, 0.05) is 48.2 Å².